The first-order valence-electron chi connectivity index (χ1n) is 25.4. The van der Waals surface area contributed by atoms with Crippen molar-refractivity contribution in [1.29, 1.82) is 0 Å². The molecule has 0 aliphatic rings. The van der Waals surface area contributed by atoms with E-state index in [2.05, 4.69) is 244 Å². The number of nitrogens with zero attached hydrogens (tertiary/aromatic N) is 6. The molecule has 0 unspecified atom stereocenters. The van der Waals surface area contributed by atoms with Crippen molar-refractivity contribution in [3.8, 4) is 73.5 Å². The minimum Gasteiger partial charge on any atom is -0.309 e. The van der Waals surface area contributed by atoms with E-state index in [-0.39, 0.29) is 0 Å². The first kappa shape index (κ1) is 42.5. The molecule has 0 fully saturated rings. The van der Waals surface area contributed by atoms with Crippen molar-refractivity contribution >= 4 is 65.4 Å². The standard InChI is InChI=1S/C69H44N6/c1-4-16-45(17-5-1)46-28-30-48(31-29-46)68-70-67(47-18-6-2-7-19-47)71-69(72-68)49-32-36-53(37-33-49)74-65-40-35-51(50-34-39-64-58(42-50)57-24-12-15-27-63(57)73(64)52-20-8-3-9-21-52)43-59(65)60-44-54(38-41-66(60)74)75-61-25-13-10-22-55(61)56-23-11-14-26-62(56)75/h1-44H. The molecule has 0 atom stereocenters. The summed E-state index contributed by atoms with van der Waals surface area (Å²) in [7, 11) is 0. The topological polar surface area (TPSA) is 53.5 Å². The number of fused-ring (bicyclic) bond motifs is 9. The predicted molar refractivity (Wildman–Crippen MR) is 310 cm³/mol. The van der Waals surface area contributed by atoms with E-state index >= 15 is 0 Å². The minimum absolute atomic E-state index is 0.615. The highest BCUT2D eigenvalue weighted by molar-refractivity contribution is 6.14. The van der Waals surface area contributed by atoms with Crippen LogP contribution in [0.25, 0.3) is 139 Å². The third-order valence-corrected chi connectivity index (χ3v) is 14.9. The van der Waals surface area contributed by atoms with Gasteiger partial charge >= 0.3 is 0 Å². The lowest BCUT2D eigenvalue weighted by atomic mass is 10.0. The third kappa shape index (κ3) is 7.07. The van der Waals surface area contributed by atoms with Crippen LogP contribution in [0.3, 0.4) is 0 Å². The largest absolute Gasteiger partial charge is 0.309 e. The van der Waals surface area contributed by atoms with Crippen molar-refractivity contribution in [1.82, 2.24) is 28.7 Å². The molecule has 0 radical (unpaired) electrons. The lowest BCUT2D eigenvalue weighted by Gasteiger charge is -2.12. The Kier molecular flexibility index (Phi) is 9.78. The number of hydrogen-bond donors (Lipinski definition) is 0. The van der Waals surface area contributed by atoms with Crippen LogP contribution in [0.15, 0.2) is 267 Å². The highest BCUT2D eigenvalue weighted by atomic mass is 15.0. The SMILES string of the molecule is c1ccc(-c2ccc(-c3nc(-c4ccccc4)nc(-c4ccc(-n5c6ccc(-c7ccc8c(c7)c7ccccc7n8-c7ccccc7)cc6c6cc(-n7c8ccccc8c8ccccc87)ccc65)cc4)n3)cc2)cc1. The Morgan fingerprint density at radius 1 is 0.187 bits per heavy atom. The van der Waals surface area contributed by atoms with E-state index < -0.39 is 0 Å². The van der Waals surface area contributed by atoms with Gasteiger partial charge in [-0.2, -0.15) is 0 Å². The fourth-order valence-electron chi connectivity index (χ4n) is 11.4. The average Bonchev–Trinajstić information content (AvgIpc) is 4.13. The maximum Gasteiger partial charge on any atom is 0.164 e. The Balaban J connectivity index is 0.884. The molecule has 0 N–H and O–H groups in total. The minimum atomic E-state index is 0.615. The second-order valence-corrected chi connectivity index (χ2v) is 19.2. The number of aromatic nitrogens is 6. The molecule has 15 aromatic rings. The molecule has 0 saturated carbocycles. The lowest BCUT2D eigenvalue weighted by molar-refractivity contribution is 1.07. The van der Waals surface area contributed by atoms with Crippen LogP contribution in [0.1, 0.15) is 0 Å². The Bertz CT molecular complexity index is 4610. The van der Waals surface area contributed by atoms with Crippen LogP contribution in [-0.2, 0) is 0 Å². The van der Waals surface area contributed by atoms with Crippen LogP contribution in [0.2, 0.25) is 0 Å². The van der Waals surface area contributed by atoms with Gasteiger partial charge in [-0.3, -0.25) is 0 Å². The molecular weight excluding hydrogens is 913 g/mol. The summed E-state index contributed by atoms with van der Waals surface area (Å²) >= 11 is 0. The monoisotopic (exact) mass is 956 g/mol. The Morgan fingerprint density at radius 3 is 1.00 bits per heavy atom. The van der Waals surface area contributed by atoms with Gasteiger partial charge in [-0.15, -0.1) is 0 Å². The van der Waals surface area contributed by atoms with Gasteiger partial charge in [0, 0.05) is 66.1 Å². The number of benzene rings is 11. The van der Waals surface area contributed by atoms with E-state index in [1.54, 1.807) is 0 Å². The van der Waals surface area contributed by atoms with Gasteiger partial charge in [0.1, 0.15) is 0 Å². The summed E-state index contributed by atoms with van der Waals surface area (Å²) in [4.78, 5) is 15.3. The van der Waals surface area contributed by atoms with Gasteiger partial charge in [0.05, 0.1) is 33.1 Å². The number of rotatable bonds is 8. The molecule has 0 spiro atoms. The van der Waals surface area contributed by atoms with Gasteiger partial charge in [0.25, 0.3) is 0 Å². The fraction of sp³-hybridized carbons (Fsp3) is 0. The quantitative estimate of drug-likeness (QED) is 0.152. The van der Waals surface area contributed by atoms with Crippen molar-refractivity contribution in [3.63, 3.8) is 0 Å². The van der Waals surface area contributed by atoms with E-state index in [4.69, 9.17) is 15.0 Å². The molecule has 4 heterocycles. The number of para-hydroxylation sites is 4. The fourth-order valence-corrected chi connectivity index (χ4v) is 11.4. The van der Waals surface area contributed by atoms with E-state index in [0.717, 1.165) is 55.9 Å². The molecule has 0 aliphatic carbocycles. The first-order valence-corrected chi connectivity index (χ1v) is 25.4. The second-order valence-electron chi connectivity index (χ2n) is 19.2. The van der Waals surface area contributed by atoms with Gasteiger partial charge in [-0.1, -0.05) is 170 Å². The first-order chi connectivity index (χ1) is 37.2. The molecule has 0 saturated heterocycles. The van der Waals surface area contributed by atoms with E-state index in [1.165, 1.54) is 65.5 Å². The van der Waals surface area contributed by atoms with Gasteiger partial charge < -0.3 is 13.7 Å². The molecule has 0 amide bonds. The van der Waals surface area contributed by atoms with Crippen LogP contribution in [0.5, 0.6) is 0 Å². The van der Waals surface area contributed by atoms with Crippen LogP contribution in [0, 0.1) is 0 Å². The average molecular weight is 957 g/mol. The summed E-state index contributed by atoms with van der Waals surface area (Å²) in [5.41, 5.74) is 17.7. The smallest absolute Gasteiger partial charge is 0.164 e. The zero-order valence-electron chi connectivity index (χ0n) is 40.6. The summed E-state index contributed by atoms with van der Waals surface area (Å²) in [6.07, 6.45) is 0. The Labute approximate surface area is 432 Å². The molecule has 4 aromatic heterocycles. The van der Waals surface area contributed by atoms with E-state index in [9.17, 15) is 0 Å². The van der Waals surface area contributed by atoms with Crippen molar-refractivity contribution in [2.45, 2.75) is 0 Å². The van der Waals surface area contributed by atoms with Crippen LogP contribution >= 0.6 is 0 Å². The summed E-state index contributed by atoms with van der Waals surface area (Å²) < 4.78 is 7.18. The molecule has 0 aliphatic heterocycles. The summed E-state index contributed by atoms with van der Waals surface area (Å²) in [5.74, 6) is 1.87. The molecule has 350 valence electrons. The van der Waals surface area contributed by atoms with Gasteiger partial charge in [0.2, 0.25) is 0 Å². The molecule has 6 heteroatoms. The van der Waals surface area contributed by atoms with Crippen LogP contribution < -0.4 is 0 Å². The highest BCUT2D eigenvalue weighted by Gasteiger charge is 2.20. The van der Waals surface area contributed by atoms with Crippen molar-refractivity contribution in [3.05, 3.63) is 267 Å². The maximum atomic E-state index is 5.13. The van der Waals surface area contributed by atoms with E-state index in [1.807, 2.05) is 36.4 Å². The Hall–Kier alpha value is -10.2. The molecule has 15 rings (SSSR count). The zero-order valence-corrected chi connectivity index (χ0v) is 40.6. The molecule has 11 aromatic carbocycles. The molecule has 6 nitrogen and oxygen atoms in total. The van der Waals surface area contributed by atoms with Crippen molar-refractivity contribution < 1.29 is 0 Å². The third-order valence-electron chi connectivity index (χ3n) is 14.9. The summed E-state index contributed by atoms with van der Waals surface area (Å²) in [6.45, 7) is 0. The predicted octanol–water partition coefficient (Wildman–Crippen LogP) is 17.5. The number of hydrogen-bond acceptors (Lipinski definition) is 3. The zero-order chi connectivity index (χ0) is 49.4. The summed E-state index contributed by atoms with van der Waals surface area (Å²) in [6, 6.07) is 95.4. The van der Waals surface area contributed by atoms with E-state index in [0.29, 0.717) is 17.5 Å². The maximum absolute atomic E-state index is 5.13. The van der Waals surface area contributed by atoms with Crippen molar-refractivity contribution in [2.24, 2.45) is 0 Å². The molecule has 0 bridgehead atoms. The highest BCUT2D eigenvalue weighted by Crippen LogP contribution is 2.41. The van der Waals surface area contributed by atoms with Gasteiger partial charge in [0.15, 0.2) is 17.5 Å². The Morgan fingerprint density at radius 2 is 0.480 bits per heavy atom. The second kappa shape index (κ2) is 17.3. The van der Waals surface area contributed by atoms with Gasteiger partial charge in [-0.25, -0.2) is 15.0 Å². The summed E-state index contributed by atoms with van der Waals surface area (Å²) in [5, 5.41) is 7.29. The normalized spacial score (nSPS) is 11.7. The van der Waals surface area contributed by atoms with Crippen LogP contribution in [-0.4, -0.2) is 28.7 Å². The van der Waals surface area contributed by atoms with Gasteiger partial charge in [-0.05, 0) is 119 Å². The van der Waals surface area contributed by atoms with Crippen molar-refractivity contribution in [2.75, 3.05) is 0 Å². The van der Waals surface area contributed by atoms with Crippen LogP contribution in [0.4, 0.5) is 0 Å². The lowest BCUT2D eigenvalue weighted by Crippen LogP contribution is -2.00. The molecular formula is C69H44N6. The molecule has 75 heavy (non-hydrogen) atoms.